The number of aromatic nitrogens is 1. The number of hydrogen-bond acceptors (Lipinski definition) is 2. The van der Waals surface area contributed by atoms with Crippen LogP contribution in [0.1, 0.15) is 63.6 Å². The van der Waals surface area contributed by atoms with Crippen LogP contribution in [0.5, 0.6) is 0 Å². The monoisotopic (exact) mass is 351 g/mol. The first-order chi connectivity index (χ1) is 12.7. The van der Waals surface area contributed by atoms with Crippen LogP contribution in [-0.2, 0) is 11.2 Å². The molecule has 0 aliphatic rings. The van der Waals surface area contributed by atoms with Crippen LogP contribution >= 0.6 is 0 Å². The molecule has 26 heavy (non-hydrogen) atoms. The van der Waals surface area contributed by atoms with Crippen LogP contribution in [0.2, 0.25) is 0 Å². The lowest BCUT2D eigenvalue weighted by Crippen LogP contribution is -2.08. The van der Waals surface area contributed by atoms with Gasteiger partial charge in [0.15, 0.2) is 0 Å². The molecule has 1 unspecified atom stereocenters. The van der Waals surface area contributed by atoms with E-state index in [0.29, 0.717) is 6.10 Å². The van der Waals surface area contributed by atoms with E-state index in [-0.39, 0.29) is 0 Å². The molecule has 1 heterocycles. The van der Waals surface area contributed by atoms with Gasteiger partial charge in [-0.15, -0.1) is 6.58 Å². The molecule has 0 aliphatic heterocycles. The van der Waals surface area contributed by atoms with Crippen LogP contribution in [0.3, 0.4) is 0 Å². The van der Waals surface area contributed by atoms with Crippen molar-refractivity contribution in [2.45, 2.75) is 64.9 Å². The van der Waals surface area contributed by atoms with Crippen molar-refractivity contribution in [3.63, 3.8) is 0 Å². The van der Waals surface area contributed by atoms with E-state index in [2.05, 4.69) is 62.9 Å². The molecule has 2 rings (SSSR count). The summed E-state index contributed by atoms with van der Waals surface area (Å²) in [5.41, 5.74) is 3.36. The number of fused-ring (bicyclic) bond motifs is 1. The number of allylic oxidation sites excluding steroid dienone is 2. The number of nitrogens with zero attached hydrogens (tertiary/aromatic N) is 1. The minimum Gasteiger partial charge on any atom is -0.379 e. The van der Waals surface area contributed by atoms with Gasteiger partial charge in [0.05, 0.1) is 17.3 Å². The first-order valence-electron chi connectivity index (χ1n) is 10.0. The topological polar surface area (TPSA) is 22.1 Å². The molecule has 1 aromatic carbocycles. The molecule has 0 spiro atoms. The molecule has 0 saturated heterocycles. The molecule has 1 atom stereocenters. The highest BCUT2D eigenvalue weighted by Gasteiger charge is 2.01. The fraction of sp³-hybridized carbons (Fsp3) is 0.458. The maximum absolute atomic E-state index is 5.84. The Bertz CT molecular complexity index is 704. The summed E-state index contributed by atoms with van der Waals surface area (Å²) >= 11 is 0. The summed E-state index contributed by atoms with van der Waals surface area (Å²) in [7, 11) is 0. The van der Waals surface area contributed by atoms with Gasteiger partial charge in [-0.2, -0.15) is 0 Å². The van der Waals surface area contributed by atoms with Crippen molar-refractivity contribution < 1.29 is 4.74 Å². The molecule has 0 saturated carbocycles. The summed E-state index contributed by atoms with van der Waals surface area (Å²) in [5.74, 6) is 0. The highest BCUT2D eigenvalue weighted by Crippen LogP contribution is 2.16. The predicted octanol–water partition coefficient (Wildman–Crippen LogP) is 6.74. The Balaban J connectivity index is 1.75. The van der Waals surface area contributed by atoms with Gasteiger partial charge in [-0.25, -0.2) is 4.98 Å². The molecule has 0 amide bonds. The van der Waals surface area contributed by atoms with Crippen molar-refractivity contribution in [1.29, 1.82) is 0 Å². The standard InChI is InChI=1S/C24H33NO/c1-4-6-10-18-26-20(3)12-8-7-9-13-23-16-15-22-19-21(11-5-2)14-17-24(22)25-23/h5,9,13-17,19-20H,2,4,6-8,10-12,18H2,1,3H3/b13-9+. The Morgan fingerprint density at radius 3 is 2.85 bits per heavy atom. The van der Waals surface area contributed by atoms with Crippen LogP contribution in [0.15, 0.2) is 49.1 Å². The van der Waals surface area contributed by atoms with Crippen LogP contribution in [0.25, 0.3) is 17.0 Å². The van der Waals surface area contributed by atoms with E-state index in [1.165, 1.54) is 30.2 Å². The maximum atomic E-state index is 5.84. The van der Waals surface area contributed by atoms with E-state index in [0.717, 1.165) is 43.5 Å². The number of ether oxygens (including phenoxy) is 1. The lowest BCUT2D eigenvalue weighted by molar-refractivity contribution is 0.0566. The van der Waals surface area contributed by atoms with E-state index in [9.17, 15) is 0 Å². The lowest BCUT2D eigenvalue weighted by Gasteiger charge is -2.11. The minimum absolute atomic E-state index is 0.365. The molecule has 140 valence electrons. The predicted molar refractivity (Wildman–Crippen MR) is 113 cm³/mol. The third kappa shape index (κ3) is 7.13. The van der Waals surface area contributed by atoms with Crippen molar-refractivity contribution >= 4 is 17.0 Å². The number of pyridine rings is 1. The maximum Gasteiger partial charge on any atom is 0.0709 e. The zero-order valence-electron chi connectivity index (χ0n) is 16.4. The SMILES string of the molecule is C=CCc1ccc2nc(/C=C/CCCC(C)OCCCCC)ccc2c1. The van der Waals surface area contributed by atoms with Crippen LogP contribution in [0, 0.1) is 0 Å². The first-order valence-corrected chi connectivity index (χ1v) is 10.0. The quantitative estimate of drug-likeness (QED) is 0.312. The van der Waals surface area contributed by atoms with Gasteiger partial charge < -0.3 is 4.74 Å². The van der Waals surface area contributed by atoms with E-state index in [1.807, 2.05) is 6.08 Å². The summed E-state index contributed by atoms with van der Waals surface area (Å²) in [6, 6.07) is 10.7. The average Bonchev–Trinajstić information content (AvgIpc) is 2.65. The second kappa shape index (κ2) is 11.6. The van der Waals surface area contributed by atoms with E-state index in [4.69, 9.17) is 9.72 Å². The first kappa shape index (κ1) is 20.4. The molecule has 2 aromatic rings. The van der Waals surface area contributed by atoms with Gasteiger partial charge in [0.25, 0.3) is 0 Å². The average molecular weight is 352 g/mol. The Kier molecular flexibility index (Phi) is 9.13. The molecule has 2 nitrogen and oxygen atoms in total. The fourth-order valence-electron chi connectivity index (χ4n) is 3.02. The van der Waals surface area contributed by atoms with Crippen LogP contribution in [0.4, 0.5) is 0 Å². The Labute approximate surface area is 159 Å². The molecule has 0 aliphatic carbocycles. The molecule has 0 N–H and O–H groups in total. The molecule has 2 heteroatoms. The summed E-state index contributed by atoms with van der Waals surface area (Å²) < 4.78 is 5.84. The summed E-state index contributed by atoms with van der Waals surface area (Å²) in [6.07, 6.45) is 14.6. The second-order valence-electron chi connectivity index (χ2n) is 6.98. The molecular formula is C24H33NO. The molecular weight excluding hydrogens is 318 g/mol. The summed E-state index contributed by atoms with van der Waals surface area (Å²) in [6.45, 7) is 9.11. The van der Waals surface area contributed by atoms with Crippen LogP contribution < -0.4 is 0 Å². The Morgan fingerprint density at radius 2 is 2.04 bits per heavy atom. The lowest BCUT2D eigenvalue weighted by atomic mass is 10.1. The van der Waals surface area contributed by atoms with Crippen molar-refractivity contribution in [1.82, 2.24) is 4.98 Å². The van der Waals surface area contributed by atoms with E-state index < -0.39 is 0 Å². The number of rotatable bonds is 12. The number of benzene rings is 1. The molecule has 1 aromatic heterocycles. The Morgan fingerprint density at radius 1 is 1.15 bits per heavy atom. The van der Waals surface area contributed by atoms with Crippen LogP contribution in [-0.4, -0.2) is 17.7 Å². The van der Waals surface area contributed by atoms with E-state index in [1.54, 1.807) is 0 Å². The molecule has 0 fully saturated rings. The van der Waals surface area contributed by atoms with Crippen molar-refractivity contribution in [2.75, 3.05) is 6.61 Å². The largest absolute Gasteiger partial charge is 0.379 e. The molecule has 0 bridgehead atoms. The smallest absolute Gasteiger partial charge is 0.0709 e. The van der Waals surface area contributed by atoms with Crippen molar-refractivity contribution in [3.8, 4) is 0 Å². The van der Waals surface area contributed by atoms with Crippen molar-refractivity contribution in [3.05, 3.63) is 60.3 Å². The Hall–Kier alpha value is -1.93. The number of hydrogen-bond donors (Lipinski definition) is 0. The highest BCUT2D eigenvalue weighted by molar-refractivity contribution is 5.80. The van der Waals surface area contributed by atoms with Gasteiger partial charge in [-0.3, -0.25) is 0 Å². The number of unbranched alkanes of at least 4 members (excludes halogenated alkanes) is 3. The minimum atomic E-state index is 0.365. The van der Waals surface area contributed by atoms with E-state index >= 15 is 0 Å². The fourth-order valence-corrected chi connectivity index (χ4v) is 3.02. The van der Waals surface area contributed by atoms with Gasteiger partial charge in [0.1, 0.15) is 0 Å². The van der Waals surface area contributed by atoms with Gasteiger partial charge >= 0.3 is 0 Å². The second-order valence-corrected chi connectivity index (χ2v) is 6.98. The summed E-state index contributed by atoms with van der Waals surface area (Å²) in [5, 5.41) is 1.19. The van der Waals surface area contributed by atoms with Gasteiger partial charge in [0, 0.05) is 12.0 Å². The van der Waals surface area contributed by atoms with Gasteiger partial charge in [0.2, 0.25) is 0 Å². The third-order valence-corrected chi connectivity index (χ3v) is 4.58. The van der Waals surface area contributed by atoms with Crippen molar-refractivity contribution in [2.24, 2.45) is 0 Å². The zero-order valence-corrected chi connectivity index (χ0v) is 16.4. The van der Waals surface area contributed by atoms with Gasteiger partial charge in [-0.05, 0) is 68.9 Å². The summed E-state index contributed by atoms with van der Waals surface area (Å²) in [4.78, 5) is 4.73. The third-order valence-electron chi connectivity index (χ3n) is 4.58. The normalized spacial score (nSPS) is 12.7. The highest BCUT2D eigenvalue weighted by atomic mass is 16.5. The van der Waals surface area contributed by atoms with Gasteiger partial charge in [-0.1, -0.05) is 44.1 Å². The molecule has 0 radical (unpaired) electrons. The zero-order chi connectivity index (χ0) is 18.6.